The molecule has 4 N–H and O–H groups in total. The summed E-state index contributed by atoms with van der Waals surface area (Å²) >= 11 is 0. The molecule has 6 aliphatic rings. The van der Waals surface area contributed by atoms with Crippen molar-refractivity contribution in [1.29, 1.82) is 0 Å². The molecule has 0 aromatic heterocycles. The second-order valence-corrected chi connectivity index (χ2v) is 30.6. The lowest BCUT2D eigenvalue weighted by Gasteiger charge is -2.52. The third-order valence-corrected chi connectivity index (χ3v) is 17.0. The maximum absolute atomic E-state index is 15.1. The van der Waals surface area contributed by atoms with Crippen molar-refractivity contribution in [2.75, 3.05) is 0 Å². The Bertz CT molecular complexity index is 2010. The molecule has 418 valence electrons. The molecular weight excluding hydrogens is 933 g/mol. The first-order chi connectivity index (χ1) is 32.8. The minimum atomic E-state index is -1.60. The maximum atomic E-state index is 15.1. The lowest BCUT2D eigenvalue weighted by molar-refractivity contribution is -0.260. The van der Waals surface area contributed by atoms with E-state index in [-0.39, 0.29) is 42.9 Å². The van der Waals surface area contributed by atoms with Crippen LogP contribution >= 0.6 is 0 Å². The van der Waals surface area contributed by atoms with Gasteiger partial charge in [0.15, 0.2) is 18.3 Å². The molecule has 2 saturated carbocycles. The largest absolute Gasteiger partial charge is 0.458 e. The monoisotopic (exact) mass is 1030 g/mol. The van der Waals surface area contributed by atoms with Gasteiger partial charge in [-0.15, -0.1) is 0 Å². The fourth-order valence-corrected chi connectivity index (χ4v) is 15.8. The zero-order chi connectivity index (χ0) is 55.2. The highest BCUT2D eigenvalue weighted by Crippen LogP contribution is 2.50. The number of hydrogen-bond acceptors (Lipinski definition) is 16. The van der Waals surface area contributed by atoms with Crippen molar-refractivity contribution in [3.05, 3.63) is 0 Å². The third kappa shape index (κ3) is 14.0. The number of piperidine rings is 4. The van der Waals surface area contributed by atoms with Crippen molar-refractivity contribution >= 4 is 29.8 Å². The van der Waals surface area contributed by atoms with Gasteiger partial charge in [0, 0.05) is 50.7 Å². The van der Waals surface area contributed by atoms with E-state index in [0.717, 1.165) is 6.42 Å². The summed E-state index contributed by atoms with van der Waals surface area (Å²) in [5.74, 6) is -6.19. The molecule has 73 heavy (non-hydrogen) atoms. The zero-order valence-electron chi connectivity index (χ0n) is 48.6. The summed E-state index contributed by atoms with van der Waals surface area (Å²) in [5.41, 5.74) is -5.58. The normalized spacial score (nSPS) is 33.2. The highest BCUT2D eigenvalue weighted by molar-refractivity contribution is 5.77. The summed E-state index contributed by atoms with van der Waals surface area (Å²) < 4.78 is 33.4. The van der Waals surface area contributed by atoms with Gasteiger partial charge in [-0.3, -0.25) is 24.0 Å². The van der Waals surface area contributed by atoms with E-state index in [4.69, 9.17) is 23.7 Å². The van der Waals surface area contributed by atoms with E-state index in [0.29, 0.717) is 38.5 Å². The highest BCUT2D eigenvalue weighted by atomic mass is 16.6. The van der Waals surface area contributed by atoms with Crippen LogP contribution in [0.25, 0.3) is 0 Å². The van der Waals surface area contributed by atoms with Crippen molar-refractivity contribution < 1.29 is 58.1 Å². The van der Waals surface area contributed by atoms with Crippen molar-refractivity contribution in [2.45, 2.75) is 290 Å². The standard InChI is InChI=1S/C57H98N4O12/c1-48(2)22-33(23-49(3,4)32-48)43(62)69-38-21-39(70-44(63)36-28-54(13,14)60(67)55(15,16)29-36)41(72-47(66)37-30-56(17,18)61(68)57(19,20)31-37)42(73-46(65)35-26-52(9,10)59-53(11,12)27-35)40(38)71-45(64)34-24-50(5,6)58-51(7,8)25-34/h33-42,58-59,67-68H,21-32H2,1-20H3. The summed E-state index contributed by atoms with van der Waals surface area (Å²) in [6, 6.07) is 0. The quantitative estimate of drug-likeness (QED) is 0.119. The molecule has 4 heterocycles. The van der Waals surface area contributed by atoms with Crippen molar-refractivity contribution in [1.82, 2.24) is 20.8 Å². The number of rotatable bonds is 10. The molecule has 5 unspecified atom stereocenters. The molecule has 0 aromatic rings. The Labute approximate surface area is 438 Å². The zero-order valence-corrected chi connectivity index (χ0v) is 48.6. The number of carbonyl (C=O) groups excluding carboxylic acids is 5. The van der Waals surface area contributed by atoms with E-state index in [2.05, 4.69) is 38.3 Å². The van der Waals surface area contributed by atoms with Crippen LogP contribution in [0.2, 0.25) is 0 Å². The van der Waals surface area contributed by atoms with Gasteiger partial charge in [-0.05, 0) is 192 Å². The van der Waals surface area contributed by atoms with E-state index in [1.54, 1.807) is 0 Å². The highest BCUT2D eigenvalue weighted by Gasteiger charge is 2.59. The Kier molecular flexibility index (Phi) is 16.1. The number of hydroxylamine groups is 4. The Hall–Kier alpha value is -2.89. The molecule has 4 saturated heterocycles. The van der Waals surface area contributed by atoms with Crippen LogP contribution in [0.3, 0.4) is 0 Å². The van der Waals surface area contributed by atoms with Crippen LogP contribution in [0, 0.1) is 40.4 Å². The van der Waals surface area contributed by atoms with Gasteiger partial charge in [-0.25, -0.2) is 0 Å². The van der Waals surface area contributed by atoms with Crippen LogP contribution in [-0.4, -0.2) is 125 Å². The molecule has 0 radical (unpaired) electrons. The van der Waals surface area contributed by atoms with Gasteiger partial charge in [-0.2, -0.15) is 10.1 Å². The summed E-state index contributed by atoms with van der Waals surface area (Å²) in [4.78, 5) is 75.0. The Morgan fingerprint density at radius 3 is 0.877 bits per heavy atom. The van der Waals surface area contributed by atoms with Crippen LogP contribution in [0.15, 0.2) is 0 Å². The van der Waals surface area contributed by atoms with E-state index in [9.17, 15) is 20.0 Å². The van der Waals surface area contributed by atoms with E-state index >= 15 is 14.4 Å². The fourth-order valence-electron chi connectivity index (χ4n) is 15.8. The lowest BCUT2D eigenvalue weighted by atomic mass is 9.61. The minimum absolute atomic E-state index is 0.189. The van der Waals surface area contributed by atoms with Gasteiger partial charge < -0.3 is 44.7 Å². The van der Waals surface area contributed by atoms with E-state index in [1.807, 2.05) is 111 Å². The molecule has 16 heteroatoms. The molecule has 16 nitrogen and oxygen atoms in total. The molecule has 6 rings (SSSR count). The SMILES string of the molecule is CC1(C)CC(C(=O)OC2CC(OC(=O)C3CC(C)(C)N(O)C(C)(C)C3)C(OC(=O)C3CC(C)(C)N(O)C(C)(C)C3)C(OC(=O)C3CC(C)(C)NC(C)(C)C3)C2OC(=O)C2CC(C)(C)NC(C)(C)C2)CC(C)(C)C1. The summed E-state index contributed by atoms with van der Waals surface area (Å²) in [7, 11) is 0. The lowest BCUT2D eigenvalue weighted by Crippen LogP contribution is -2.65. The van der Waals surface area contributed by atoms with Crippen molar-refractivity contribution in [3.63, 3.8) is 0 Å². The average Bonchev–Trinajstić information content (AvgIpc) is 3.17. The van der Waals surface area contributed by atoms with Crippen molar-refractivity contribution in [3.8, 4) is 0 Å². The number of hydrogen-bond donors (Lipinski definition) is 4. The van der Waals surface area contributed by atoms with Crippen LogP contribution in [-0.2, 0) is 47.7 Å². The summed E-state index contributed by atoms with van der Waals surface area (Å²) in [6.45, 7) is 39.6. The van der Waals surface area contributed by atoms with E-state index in [1.165, 1.54) is 10.1 Å². The van der Waals surface area contributed by atoms with Crippen LogP contribution in [0.5, 0.6) is 0 Å². The fraction of sp³-hybridized carbons (Fsp3) is 0.912. The van der Waals surface area contributed by atoms with Gasteiger partial charge in [0.1, 0.15) is 12.2 Å². The molecule has 5 atom stereocenters. The molecule has 0 amide bonds. The predicted molar refractivity (Wildman–Crippen MR) is 276 cm³/mol. The summed E-state index contributed by atoms with van der Waals surface area (Å²) in [5, 5.41) is 32.3. The van der Waals surface area contributed by atoms with Gasteiger partial charge in [0.2, 0.25) is 0 Å². The van der Waals surface area contributed by atoms with Crippen LogP contribution in [0.4, 0.5) is 0 Å². The average molecular weight is 1030 g/mol. The second-order valence-electron chi connectivity index (χ2n) is 30.6. The Balaban J connectivity index is 1.50. The predicted octanol–water partition coefficient (Wildman–Crippen LogP) is 9.23. The number of carbonyl (C=O) groups is 5. The number of nitrogens with one attached hydrogen (secondary N) is 2. The molecule has 0 aromatic carbocycles. The first kappa shape index (κ1) is 59.4. The molecule has 2 aliphatic carbocycles. The maximum Gasteiger partial charge on any atom is 0.309 e. The van der Waals surface area contributed by atoms with Gasteiger partial charge in [-0.1, -0.05) is 27.7 Å². The number of esters is 5. The molecule has 6 fully saturated rings. The Morgan fingerprint density at radius 1 is 0.356 bits per heavy atom. The third-order valence-electron chi connectivity index (χ3n) is 17.0. The summed E-state index contributed by atoms with van der Waals surface area (Å²) in [6.07, 6.45) is -2.94. The van der Waals surface area contributed by atoms with Gasteiger partial charge in [0.05, 0.1) is 29.6 Å². The Morgan fingerprint density at radius 2 is 0.589 bits per heavy atom. The molecular formula is C57H98N4O12. The number of nitrogens with zero attached hydrogens (tertiary/aromatic N) is 2. The first-order valence-corrected chi connectivity index (χ1v) is 27.4. The van der Waals surface area contributed by atoms with Crippen molar-refractivity contribution in [2.24, 2.45) is 40.4 Å². The second kappa shape index (κ2) is 19.8. The van der Waals surface area contributed by atoms with E-state index < -0.39 is 134 Å². The molecule has 0 spiro atoms. The smallest absolute Gasteiger partial charge is 0.309 e. The first-order valence-electron chi connectivity index (χ1n) is 27.4. The molecule has 0 bridgehead atoms. The van der Waals surface area contributed by atoms with Crippen LogP contribution in [0.1, 0.15) is 216 Å². The minimum Gasteiger partial charge on any atom is -0.458 e. The van der Waals surface area contributed by atoms with Gasteiger partial charge >= 0.3 is 29.8 Å². The molecule has 4 aliphatic heterocycles. The van der Waals surface area contributed by atoms with Gasteiger partial charge in [0.25, 0.3) is 0 Å². The number of ether oxygens (including phenoxy) is 5. The topological polar surface area (TPSA) is 202 Å². The van der Waals surface area contributed by atoms with Crippen LogP contribution < -0.4 is 10.6 Å².